The Labute approximate surface area is 118 Å². The zero-order valence-electron chi connectivity index (χ0n) is 12.0. The number of aliphatic carboxylic acids is 1. The van der Waals surface area contributed by atoms with Gasteiger partial charge in [0.05, 0.1) is 11.8 Å². The van der Waals surface area contributed by atoms with Crippen molar-refractivity contribution in [2.24, 2.45) is 11.8 Å². The zero-order chi connectivity index (χ0) is 14.9. The second kappa shape index (κ2) is 5.81. The Bertz CT molecular complexity index is 423. The van der Waals surface area contributed by atoms with Gasteiger partial charge in [-0.2, -0.15) is 0 Å². The summed E-state index contributed by atoms with van der Waals surface area (Å²) in [7, 11) is 0. The fraction of sp³-hybridized carbons (Fsp3) is 0.786. The number of hydrogen-bond acceptors (Lipinski definition) is 3. The third kappa shape index (κ3) is 2.64. The van der Waals surface area contributed by atoms with Crippen LogP contribution >= 0.6 is 0 Å². The van der Waals surface area contributed by atoms with Crippen molar-refractivity contribution in [3.05, 3.63) is 0 Å². The van der Waals surface area contributed by atoms with Crippen LogP contribution in [-0.4, -0.2) is 58.4 Å². The first-order chi connectivity index (χ1) is 9.45. The molecule has 2 saturated heterocycles. The number of carbonyl (C=O) groups is 3. The van der Waals surface area contributed by atoms with Gasteiger partial charge in [0.1, 0.15) is 0 Å². The second-order valence-electron chi connectivity index (χ2n) is 5.69. The summed E-state index contributed by atoms with van der Waals surface area (Å²) >= 11 is 0. The van der Waals surface area contributed by atoms with Crippen LogP contribution in [0.25, 0.3) is 0 Å². The number of amides is 2. The van der Waals surface area contributed by atoms with Gasteiger partial charge in [0.15, 0.2) is 0 Å². The van der Waals surface area contributed by atoms with Crippen LogP contribution in [0.1, 0.15) is 33.1 Å². The minimum atomic E-state index is -0.840. The molecule has 2 heterocycles. The standard InChI is InChI=1S/C14H22N2O4/c1-3-15-8-10(7-12(15)17)13(18)16-6-4-5-11(9(16)2)14(19)20/h9-11H,3-8H2,1-2H3,(H,19,20)/t9-,10?,11-/m0/s1. The van der Waals surface area contributed by atoms with E-state index in [-0.39, 0.29) is 30.2 Å². The molecule has 6 heteroatoms. The molecule has 0 aliphatic carbocycles. The van der Waals surface area contributed by atoms with Crippen LogP contribution in [0.5, 0.6) is 0 Å². The maximum atomic E-state index is 12.5. The SMILES string of the molecule is CCN1CC(C(=O)N2CCC[C@H](C(=O)O)[C@@H]2C)CC1=O. The first kappa shape index (κ1) is 14.8. The predicted molar refractivity (Wildman–Crippen MR) is 71.9 cm³/mol. The molecule has 0 spiro atoms. The third-order valence-electron chi connectivity index (χ3n) is 4.53. The summed E-state index contributed by atoms with van der Waals surface area (Å²) in [5.41, 5.74) is 0. The second-order valence-corrected chi connectivity index (χ2v) is 5.69. The largest absolute Gasteiger partial charge is 0.481 e. The van der Waals surface area contributed by atoms with E-state index in [0.29, 0.717) is 32.5 Å². The molecule has 3 atom stereocenters. The van der Waals surface area contributed by atoms with Crippen LogP contribution in [0.4, 0.5) is 0 Å². The van der Waals surface area contributed by atoms with Gasteiger partial charge in [-0.25, -0.2) is 0 Å². The van der Waals surface area contributed by atoms with Gasteiger partial charge in [-0.05, 0) is 26.7 Å². The summed E-state index contributed by atoms with van der Waals surface area (Å²) in [6.45, 7) is 5.38. The van der Waals surface area contributed by atoms with E-state index in [1.54, 1.807) is 16.7 Å². The minimum absolute atomic E-state index is 0.0188. The maximum Gasteiger partial charge on any atom is 0.308 e. The molecule has 112 valence electrons. The monoisotopic (exact) mass is 282 g/mol. The zero-order valence-corrected chi connectivity index (χ0v) is 12.0. The number of carbonyl (C=O) groups excluding carboxylic acids is 2. The Balaban J connectivity index is 2.05. The van der Waals surface area contributed by atoms with Crippen LogP contribution < -0.4 is 0 Å². The molecule has 0 aromatic carbocycles. The van der Waals surface area contributed by atoms with Crippen LogP contribution in [0.2, 0.25) is 0 Å². The van der Waals surface area contributed by atoms with Gasteiger partial charge in [-0.1, -0.05) is 0 Å². The van der Waals surface area contributed by atoms with Crippen molar-refractivity contribution in [2.45, 2.75) is 39.2 Å². The lowest BCUT2D eigenvalue weighted by atomic mass is 9.89. The van der Waals surface area contributed by atoms with Gasteiger partial charge >= 0.3 is 5.97 Å². The summed E-state index contributed by atoms with van der Waals surface area (Å²) in [5.74, 6) is -1.68. The summed E-state index contributed by atoms with van der Waals surface area (Å²) in [6, 6.07) is -0.292. The summed E-state index contributed by atoms with van der Waals surface area (Å²) in [6.07, 6.45) is 1.59. The van der Waals surface area contributed by atoms with Crippen LogP contribution in [0, 0.1) is 11.8 Å². The molecule has 1 unspecified atom stereocenters. The van der Waals surface area contributed by atoms with E-state index in [1.807, 2.05) is 6.92 Å². The Morgan fingerprint density at radius 2 is 2.10 bits per heavy atom. The maximum absolute atomic E-state index is 12.5. The van der Waals surface area contributed by atoms with Gasteiger partial charge in [-0.3, -0.25) is 14.4 Å². The highest BCUT2D eigenvalue weighted by atomic mass is 16.4. The summed E-state index contributed by atoms with van der Waals surface area (Å²) in [5, 5.41) is 9.20. The Morgan fingerprint density at radius 3 is 2.65 bits per heavy atom. The normalized spacial score (nSPS) is 30.7. The van der Waals surface area contributed by atoms with Crippen LogP contribution in [0.15, 0.2) is 0 Å². The summed E-state index contributed by atoms with van der Waals surface area (Å²) < 4.78 is 0. The van der Waals surface area contributed by atoms with E-state index in [0.717, 1.165) is 0 Å². The number of nitrogens with zero attached hydrogens (tertiary/aromatic N) is 2. The highest BCUT2D eigenvalue weighted by Crippen LogP contribution is 2.28. The van der Waals surface area contributed by atoms with Crippen molar-refractivity contribution in [3.8, 4) is 0 Å². The van der Waals surface area contributed by atoms with Gasteiger partial charge in [-0.15, -0.1) is 0 Å². The van der Waals surface area contributed by atoms with E-state index in [9.17, 15) is 19.5 Å². The fourth-order valence-corrected chi connectivity index (χ4v) is 3.26. The van der Waals surface area contributed by atoms with Crippen LogP contribution in [0.3, 0.4) is 0 Å². The van der Waals surface area contributed by atoms with Gasteiger partial charge in [0, 0.05) is 32.1 Å². The lowest BCUT2D eigenvalue weighted by molar-refractivity contribution is -0.150. The quantitative estimate of drug-likeness (QED) is 0.820. The molecular weight excluding hydrogens is 260 g/mol. The highest BCUT2D eigenvalue weighted by molar-refractivity contribution is 5.89. The Morgan fingerprint density at radius 1 is 1.40 bits per heavy atom. The van der Waals surface area contributed by atoms with Gasteiger partial charge in [0.25, 0.3) is 0 Å². The van der Waals surface area contributed by atoms with Crippen molar-refractivity contribution in [1.29, 1.82) is 0 Å². The van der Waals surface area contributed by atoms with E-state index in [1.165, 1.54) is 0 Å². The van der Waals surface area contributed by atoms with Crippen molar-refractivity contribution >= 4 is 17.8 Å². The molecule has 2 fully saturated rings. The first-order valence-corrected chi connectivity index (χ1v) is 7.26. The van der Waals surface area contributed by atoms with Crippen LogP contribution in [-0.2, 0) is 14.4 Å². The topological polar surface area (TPSA) is 77.9 Å². The number of piperidine rings is 1. The van der Waals surface area contributed by atoms with Crippen molar-refractivity contribution in [1.82, 2.24) is 9.80 Å². The minimum Gasteiger partial charge on any atom is -0.481 e. The molecule has 0 aromatic heterocycles. The Hall–Kier alpha value is -1.59. The van der Waals surface area contributed by atoms with E-state index in [2.05, 4.69) is 0 Å². The highest BCUT2D eigenvalue weighted by Gasteiger charge is 2.41. The molecule has 2 aliphatic heterocycles. The summed E-state index contributed by atoms with van der Waals surface area (Å²) in [4.78, 5) is 38.8. The number of carboxylic acid groups (broad SMARTS) is 1. The molecule has 0 bridgehead atoms. The molecule has 0 aromatic rings. The number of carboxylic acids is 1. The lowest BCUT2D eigenvalue weighted by Gasteiger charge is -2.38. The predicted octanol–water partition coefficient (Wildman–Crippen LogP) is 0.566. The van der Waals surface area contributed by atoms with Crippen molar-refractivity contribution in [3.63, 3.8) is 0 Å². The molecule has 0 radical (unpaired) electrons. The third-order valence-corrected chi connectivity index (χ3v) is 4.53. The van der Waals surface area contributed by atoms with Gasteiger partial charge < -0.3 is 14.9 Å². The molecule has 6 nitrogen and oxygen atoms in total. The molecule has 1 N–H and O–H groups in total. The molecule has 2 rings (SSSR count). The van der Waals surface area contributed by atoms with Gasteiger partial charge in [0.2, 0.25) is 11.8 Å². The lowest BCUT2D eigenvalue weighted by Crippen LogP contribution is -2.51. The molecular formula is C14H22N2O4. The van der Waals surface area contributed by atoms with E-state index in [4.69, 9.17) is 0 Å². The Kier molecular flexibility index (Phi) is 4.30. The molecule has 0 saturated carbocycles. The van der Waals surface area contributed by atoms with E-state index >= 15 is 0 Å². The average Bonchev–Trinajstić information content (AvgIpc) is 2.79. The van der Waals surface area contributed by atoms with Crippen molar-refractivity contribution < 1.29 is 19.5 Å². The molecule has 2 aliphatic rings. The number of likely N-dealkylation sites (tertiary alicyclic amines) is 2. The first-order valence-electron chi connectivity index (χ1n) is 7.26. The molecule has 20 heavy (non-hydrogen) atoms. The fourth-order valence-electron chi connectivity index (χ4n) is 3.26. The van der Waals surface area contributed by atoms with Crippen molar-refractivity contribution in [2.75, 3.05) is 19.6 Å². The number of hydrogen-bond donors (Lipinski definition) is 1. The number of rotatable bonds is 3. The van der Waals surface area contributed by atoms with E-state index < -0.39 is 11.9 Å². The molecule has 2 amide bonds. The average molecular weight is 282 g/mol. The smallest absolute Gasteiger partial charge is 0.308 e.